The van der Waals surface area contributed by atoms with Gasteiger partial charge in [0.2, 0.25) is 0 Å². The average molecular weight is 523 g/mol. The van der Waals surface area contributed by atoms with Crippen molar-refractivity contribution in [3.05, 3.63) is 50.6 Å². The lowest BCUT2D eigenvalue weighted by Gasteiger charge is -2.27. The predicted molar refractivity (Wildman–Crippen MR) is 113 cm³/mol. The first-order valence-corrected chi connectivity index (χ1v) is 11.1. The lowest BCUT2D eigenvalue weighted by Crippen LogP contribution is -2.33. The Morgan fingerprint density at radius 1 is 1.23 bits per heavy atom. The van der Waals surface area contributed by atoms with E-state index in [1.165, 1.54) is 0 Å². The molecule has 16 heteroatoms. The molecule has 190 valence electrons. The number of nitrogens with one attached hydrogen (secondary N) is 2. The van der Waals surface area contributed by atoms with Crippen LogP contribution in [0.25, 0.3) is 0 Å². The van der Waals surface area contributed by atoms with E-state index in [1.54, 1.807) is 27.7 Å². The number of fused-ring (bicyclic) bond motifs is 1. The van der Waals surface area contributed by atoms with E-state index in [0.717, 1.165) is 28.6 Å². The van der Waals surface area contributed by atoms with Crippen LogP contribution >= 0.6 is 11.3 Å². The van der Waals surface area contributed by atoms with E-state index in [0.29, 0.717) is 25.3 Å². The van der Waals surface area contributed by atoms with Gasteiger partial charge in [0.25, 0.3) is 5.56 Å². The zero-order chi connectivity index (χ0) is 25.4. The molecule has 0 radical (unpaired) electrons. The Labute approximate surface area is 197 Å². The van der Waals surface area contributed by atoms with E-state index < -0.39 is 40.9 Å². The average Bonchev–Trinajstić information content (AvgIpc) is 3.39. The summed E-state index contributed by atoms with van der Waals surface area (Å²) in [6.07, 6.45) is -8.46. The predicted octanol–water partition coefficient (Wildman–Crippen LogP) is 3.50. The van der Waals surface area contributed by atoms with Gasteiger partial charge in [0, 0.05) is 18.0 Å². The summed E-state index contributed by atoms with van der Waals surface area (Å²) >= 11 is 0.923. The topological polar surface area (TPSA) is 101 Å². The highest BCUT2D eigenvalue weighted by Crippen LogP contribution is 2.34. The van der Waals surface area contributed by atoms with E-state index in [1.807, 2.05) is 0 Å². The van der Waals surface area contributed by atoms with Crippen molar-refractivity contribution in [1.29, 1.82) is 0 Å². The van der Waals surface area contributed by atoms with Gasteiger partial charge in [0.1, 0.15) is 5.56 Å². The molecule has 0 bridgehead atoms. The van der Waals surface area contributed by atoms with Gasteiger partial charge in [-0.15, -0.1) is 11.3 Å². The Balaban J connectivity index is 1.32. The number of halogens is 6. The molecular weight excluding hydrogens is 504 g/mol. The van der Waals surface area contributed by atoms with E-state index >= 15 is 0 Å². The first-order chi connectivity index (χ1) is 16.4. The minimum atomic E-state index is -4.85. The van der Waals surface area contributed by atoms with Crippen LogP contribution in [0.3, 0.4) is 0 Å². The monoisotopic (exact) mass is 523 g/mol. The SMILES string of the molecule is C[C@@H](COCc1cc2n(n1)CCN(c1nc(C(F)(F)F)cs1)C2)Nc1cn[nH]c(=O)c1C(F)(F)F. The zero-order valence-electron chi connectivity index (χ0n) is 18.1. The highest BCUT2D eigenvalue weighted by atomic mass is 32.1. The summed E-state index contributed by atoms with van der Waals surface area (Å²) in [5.41, 5.74) is -2.75. The second kappa shape index (κ2) is 9.49. The van der Waals surface area contributed by atoms with Crippen LogP contribution in [0.5, 0.6) is 0 Å². The van der Waals surface area contributed by atoms with Gasteiger partial charge in [-0.3, -0.25) is 9.48 Å². The number of hydrogen-bond donors (Lipinski definition) is 2. The summed E-state index contributed by atoms with van der Waals surface area (Å²) < 4.78 is 85.2. The van der Waals surface area contributed by atoms with Crippen LogP contribution in [-0.4, -0.2) is 44.2 Å². The minimum absolute atomic E-state index is 0.0117. The molecule has 9 nitrogen and oxygen atoms in total. The van der Waals surface area contributed by atoms with E-state index in [-0.39, 0.29) is 18.3 Å². The van der Waals surface area contributed by atoms with Gasteiger partial charge in [-0.1, -0.05) is 0 Å². The number of rotatable bonds is 7. The molecule has 0 saturated heterocycles. The van der Waals surface area contributed by atoms with Gasteiger partial charge < -0.3 is 15.0 Å². The third kappa shape index (κ3) is 5.75. The molecule has 2 N–H and O–H groups in total. The normalized spacial score (nSPS) is 15.2. The highest BCUT2D eigenvalue weighted by Gasteiger charge is 2.37. The standard InChI is InChI=1S/C19H19F6N7O2S/c1-10(27-13-5-26-29-16(33)15(13)19(23,24)25)7-34-8-11-4-12-6-31(2-3-32(12)30-11)17-28-14(9-35-17)18(20,21)22/h4-5,9-10H,2-3,6-8H2,1H3,(H2,27,29,33)/t10-/m0/s1. The van der Waals surface area contributed by atoms with Crippen molar-refractivity contribution in [2.24, 2.45) is 0 Å². The zero-order valence-corrected chi connectivity index (χ0v) is 18.9. The summed E-state index contributed by atoms with van der Waals surface area (Å²) in [5.74, 6) is 0. The van der Waals surface area contributed by atoms with Crippen LogP contribution < -0.4 is 15.8 Å². The lowest BCUT2D eigenvalue weighted by molar-refractivity contribution is -0.140. The van der Waals surface area contributed by atoms with Crippen LogP contribution in [0.15, 0.2) is 22.4 Å². The molecule has 3 aromatic heterocycles. The van der Waals surface area contributed by atoms with Gasteiger partial charge in [-0.05, 0) is 13.0 Å². The van der Waals surface area contributed by atoms with Crippen LogP contribution in [-0.2, 0) is 36.8 Å². The van der Waals surface area contributed by atoms with Gasteiger partial charge in [0.15, 0.2) is 10.8 Å². The Hall–Kier alpha value is -3.14. The molecule has 4 rings (SSSR count). The first kappa shape index (κ1) is 25.0. The Morgan fingerprint density at radius 2 is 2.00 bits per heavy atom. The minimum Gasteiger partial charge on any atom is -0.378 e. The fourth-order valence-electron chi connectivity index (χ4n) is 3.54. The van der Waals surface area contributed by atoms with Crippen molar-refractivity contribution in [1.82, 2.24) is 25.0 Å². The largest absolute Gasteiger partial charge is 0.434 e. The number of anilines is 2. The number of aromatic nitrogens is 5. The molecule has 1 aliphatic rings. The van der Waals surface area contributed by atoms with Crippen molar-refractivity contribution >= 4 is 22.2 Å². The lowest BCUT2D eigenvalue weighted by atomic mass is 10.2. The fraction of sp³-hybridized carbons (Fsp3) is 0.474. The Bertz CT molecular complexity index is 1240. The molecule has 1 aliphatic heterocycles. The van der Waals surface area contributed by atoms with Crippen LogP contribution in [0.2, 0.25) is 0 Å². The summed E-state index contributed by atoms with van der Waals surface area (Å²) in [6.45, 7) is 2.88. The quantitative estimate of drug-likeness (QED) is 0.458. The molecule has 0 spiro atoms. The third-order valence-corrected chi connectivity index (χ3v) is 5.96. The Morgan fingerprint density at radius 3 is 2.69 bits per heavy atom. The smallest absolute Gasteiger partial charge is 0.378 e. The molecule has 0 aliphatic carbocycles. The van der Waals surface area contributed by atoms with Crippen LogP contribution in [0.1, 0.15) is 29.6 Å². The molecule has 0 fully saturated rings. The van der Waals surface area contributed by atoms with E-state index in [9.17, 15) is 31.1 Å². The third-order valence-electron chi connectivity index (χ3n) is 5.06. The van der Waals surface area contributed by atoms with Crippen LogP contribution in [0.4, 0.5) is 37.2 Å². The number of thiazole rings is 1. The summed E-state index contributed by atoms with van der Waals surface area (Å²) in [6, 6.07) is 1.17. The van der Waals surface area contributed by atoms with Gasteiger partial charge in [-0.2, -0.15) is 36.5 Å². The molecule has 0 aromatic carbocycles. The molecule has 0 unspecified atom stereocenters. The summed E-state index contributed by atoms with van der Waals surface area (Å²) in [7, 11) is 0. The van der Waals surface area contributed by atoms with Crippen molar-refractivity contribution in [2.45, 2.75) is 45.0 Å². The summed E-state index contributed by atoms with van der Waals surface area (Å²) in [4.78, 5) is 17.0. The number of H-pyrrole nitrogens is 1. The number of ether oxygens (including phenoxy) is 1. The molecule has 4 heterocycles. The second-order valence-electron chi connectivity index (χ2n) is 7.83. The maximum Gasteiger partial charge on any atom is 0.434 e. The van der Waals surface area contributed by atoms with Crippen molar-refractivity contribution in [3.8, 4) is 0 Å². The number of nitrogens with zero attached hydrogens (tertiary/aromatic N) is 5. The van der Waals surface area contributed by atoms with Gasteiger partial charge in [-0.25, -0.2) is 10.1 Å². The van der Waals surface area contributed by atoms with Crippen molar-refractivity contribution < 1.29 is 31.1 Å². The first-order valence-electron chi connectivity index (χ1n) is 10.2. The fourth-order valence-corrected chi connectivity index (χ4v) is 4.40. The highest BCUT2D eigenvalue weighted by molar-refractivity contribution is 7.13. The Kier molecular flexibility index (Phi) is 6.77. The van der Waals surface area contributed by atoms with Crippen molar-refractivity contribution in [2.75, 3.05) is 23.4 Å². The van der Waals surface area contributed by atoms with Gasteiger partial charge >= 0.3 is 12.4 Å². The van der Waals surface area contributed by atoms with E-state index in [2.05, 4.69) is 20.5 Å². The maximum atomic E-state index is 13.1. The van der Waals surface area contributed by atoms with Crippen molar-refractivity contribution in [3.63, 3.8) is 0 Å². The molecule has 3 aromatic rings. The molecule has 0 amide bonds. The number of hydrogen-bond acceptors (Lipinski definition) is 8. The number of aromatic amines is 1. The van der Waals surface area contributed by atoms with Gasteiger partial charge in [0.05, 0.1) is 49.6 Å². The summed E-state index contributed by atoms with van der Waals surface area (Å²) in [5, 5.41) is 13.4. The van der Waals surface area contributed by atoms with Crippen LogP contribution in [0, 0.1) is 0 Å². The molecule has 1 atom stereocenters. The molecular formula is C19H19F6N7O2S. The number of alkyl halides is 6. The second-order valence-corrected chi connectivity index (χ2v) is 8.67. The maximum absolute atomic E-state index is 13.1. The molecule has 35 heavy (non-hydrogen) atoms. The molecule has 0 saturated carbocycles. The van der Waals surface area contributed by atoms with E-state index in [4.69, 9.17) is 4.74 Å².